The summed E-state index contributed by atoms with van der Waals surface area (Å²) in [5, 5.41) is 19.1. The molecule has 0 radical (unpaired) electrons. The maximum Gasteiger partial charge on any atom is 0.164 e. The highest BCUT2D eigenvalue weighted by molar-refractivity contribution is 5.86. The minimum atomic E-state index is -0.0494. The first-order valence-corrected chi connectivity index (χ1v) is 10.4. The number of hydrogen-bond donors (Lipinski definition) is 2. The van der Waals surface area contributed by atoms with Crippen molar-refractivity contribution in [2.45, 2.75) is 13.5 Å². The van der Waals surface area contributed by atoms with E-state index in [-0.39, 0.29) is 6.61 Å². The van der Waals surface area contributed by atoms with Crippen LogP contribution in [0.5, 0.6) is 0 Å². The Labute approximate surface area is 175 Å². The number of aliphatic hydroxyl groups is 1. The van der Waals surface area contributed by atoms with E-state index in [1.807, 2.05) is 48.0 Å². The lowest BCUT2D eigenvalue weighted by Crippen LogP contribution is -2.43. The number of aliphatic hydroxyl groups excluding tert-OH is 1. The zero-order valence-corrected chi connectivity index (χ0v) is 17.0. The van der Waals surface area contributed by atoms with Gasteiger partial charge < -0.3 is 15.3 Å². The van der Waals surface area contributed by atoms with E-state index in [2.05, 4.69) is 34.5 Å². The number of anilines is 1. The molecule has 0 atom stereocenters. The first-order valence-electron chi connectivity index (χ1n) is 10.4. The van der Waals surface area contributed by atoms with E-state index in [0.29, 0.717) is 0 Å². The van der Waals surface area contributed by atoms with Crippen LogP contribution in [0.25, 0.3) is 28.0 Å². The second-order valence-corrected chi connectivity index (χ2v) is 7.64. The summed E-state index contributed by atoms with van der Waals surface area (Å²) in [6.45, 7) is 5.99. The Hall–Kier alpha value is -3.22. The summed E-state index contributed by atoms with van der Waals surface area (Å²) in [6, 6.07) is 20.5. The standard InChI is InChI=1S/C24H25N5O/c1-17-23-19(16-30)15-22(26-24(23)29(27-17)21-5-3-2-4-6-21)18-7-9-20(10-8-18)28-13-11-25-12-14-28/h2-10,15,25,30H,11-14,16H2,1H3. The number of rotatable bonds is 4. The predicted octanol–water partition coefficient (Wildman–Crippen LogP) is 3.30. The van der Waals surface area contributed by atoms with Gasteiger partial charge in [-0.25, -0.2) is 9.67 Å². The van der Waals surface area contributed by atoms with Crippen molar-refractivity contribution in [3.63, 3.8) is 0 Å². The Morgan fingerprint density at radius 1 is 0.967 bits per heavy atom. The first-order chi connectivity index (χ1) is 14.7. The number of aromatic nitrogens is 3. The van der Waals surface area contributed by atoms with Crippen LogP contribution in [-0.2, 0) is 6.61 Å². The molecule has 6 heteroatoms. The van der Waals surface area contributed by atoms with Gasteiger partial charge in [-0.3, -0.25) is 0 Å². The van der Waals surface area contributed by atoms with Crippen molar-refractivity contribution in [3.8, 4) is 16.9 Å². The molecular formula is C24H25N5O. The van der Waals surface area contributed by atoms with Gasteiger partial charge in [-0.05, 0) is 42.8 Å². The highest BCUT2D eigenvalue weighted by Crippen LogP contribution is 2.29. The molecule has 2 aromatic carbocycles. The third-order valence-electron chi connectivity index (χ3n) is 5.71. The van der Waals surface area contributed by atoms with Crippen LogP contribution in [0.3, 0.4) is 0 Å². The quantitative estimate of drug-likeness (QED) is 0.551. The second kappa shape index (κ2) is 7.89. The van der Waals surface area contributed by atoms with Gasteiger partial charge >= 0.3 is 0 Å². The fraction of sp³-hybridized carbons (Fsp3) is 0.250. The Kier molecular flexibility index (Phi) is 4.94. The number of piperazine rings is 1. The molecule has 0 amide bonds. The zero-order chi connectivity index (χ0) is 20.5. The second-order valence-electron chi connectivity index (χ2n) is 7.64. The molecule has 1 aliphatic heterocycles. The average Bonchev–Trinajstić information content (AvgIpc) is 3.16. The van der Waals surface area contributed by atoms with Gasteiger partial charge in [-0.2, -0.15) is 5.10 Å². The first kappa shape index (κ1) is 18.8. The fourth-order valence-electron chi connectivity index (χ4n) is 4.17. The van der Waals surface area contributed by atoms with Crippen molar-refractivity contribution in [3.05, 3.63) is 71.9 Å². The molecule has 0 saturated carbocycles. The third kappa shape index (κ3) is 3.34. The molecule has 5 rings (SSSR count). The van der Waals surface area contributed by atoms with Crippen molar-refractivity contribution in [2.75, 3.05) is 31.1 Å². The topological polar surface area (TPSA) is 66.2 Å². The van der Waals surface area contributed by atoms with Gasteiger partial charge in [-0.1, -0.05) is 30.3 Å². The molecule has 2 N–H and O–H groups in total. The Morgan fingerprint density at radius 3 is 2.40 bits per heavy atom. The molecule has 0 unspecified atom stereocenters. The number of nitrogens with one attached hydrogen (secondary N) is 1. The number of benzene rings is 2. The number of pyridine rings is 1. The van der Waals surface area contributed by atoms with Crippen LogP contribution >= 0.6 is 0 Å². The van der Waals surface area contributed by atoms with E-state index in [9.17, 15) is 5.11 Å². The molecule has 152 valence electrons. The Balaban J connectivity index is 1.59. The Bertz CT molecular complexity index is 1160. The lowest BCUT2D eigenvalue weighted by Gasteiger charge is -2.29. The fourth-order valence-corrected chi connectivity index (χ4v) is 4.17. The van der Waals surface area contributed by atoms with Gasteiger partial charge in [0.1, 0.15) is 0 Å². The minimum absolute atomic E-state index is 0.0494. The lowest BCUT2D eigenvalue weighted by molar-refractivity contribution is 0.283. The molecule has 4 aromatic rings. The molecule has 1 saturated heterocycles. The summed E-state index contributed by atoms with van der Waals surface area (Å²) >= 11 is 0. The summed E-state index contributed by atoms with van der Waals surface area (Å²) in [7, 11) is 0. The number of nitrogens with zero attached hydrogens (tertiary/aromatic N) is 4. The van der Waals surface area contributed by atoms with E-state index < -0.39 is 0 Å². The maximum atomic E-state index is 10.0. The summed E-state index contributed by atoms with van der Waals surface area (Å²) in [5.41, 5.74) is 6.55. The molecule has 3 heterocycles. The van der Waals surface area contributed by atoms with Crippen molar-refractivity contribution in [1.29, 1.82) is 0 Å². The van der Waals surface area contributed by atoms with Crippen LogP contribution in [0.4, 0.5) is 5.69 Å². The predicted molar refractivity (Wildman–Crippen MR) is 120 cm³/mol. The molecule has 2 aromatic heterocycles. The molecule has 0 aliphatic carbocycles. The zero-order valence-electron chi connectivity index (χ0n) is 17.0. The minimum Gasteiger partial charge on any atom is -0.392 e. The monoisotopic (exact) mass is 399 g/mol. The third-order valence-corrected chi connectivity index (χ3v) is 5.71. The van der Waals surface area contributed by atoms with Gasteiger partial charge in [-0.15, -0.1) is 0 Å². The molecule has 0 bridgehead atoms. The Morgan fingerprint density at radius 2 is 1.70 bits per heavy atom. The van der Waals surface area contributed by atoms with Crippen molar-refractivity contribution in [1.82, 2.24) is 20.1 Å². The highest BCUT2D eigenvalue weighted by atomic mass is 16.3. The van der Waals surface area contributed by atoms with Gasteiger partial charge in [0.25, 0.3) is 0 Å². The number of aryl methyl sites for hydroxylation is 1. The van der Waals surface area contributed by atoms with Crippen molar-refractivity contribution < 1.29 is 5.11 Å². The summed E-state index contributed by atoms with van der Waals surface area (Å²) in [6.07, 6.45) is 0. The van der Waals surface area contributed by atoms with E-state index in [1.165, 1.54) is 5.69 Å². The molecule has 1 fully saturated rings. The normalized spacial score (nSPS) is 14.4. The number of para-hydroxylation sites is 1. The number of hydrogen-bond acceptors (Lipinski definition) is 5. The molecule has 1 aliphatic rings. The van der Waals surface area contributed by atoms with Crippen LogP contribution < -0.4 is 10.2 Å². The van der Waals surface area contributed by atoms with Gasteiger partial charge in [0.2, 0.25) is 0 Å². The van der Waals surface area contributed by atoms with E-state index in [4.69, 9.17) is 10.1 Å². The van der Waals surface area contributed by atoms with Gasteiger partial charge in [0.05, 0.1) is 23.7 Å². The average molecular weight is 399 g/mol. The van der Waals surface area contributed by atoms with Crippen LogP contribution in [0, 0.1) is 6.92 Å². The van der Waals surface area contributed by atoms with Gasteiger partial charge in [0, 0.05) is 42.8 Å². The largest absolute Gasteiger partial charge is 0.392 e. The maximum absolute atomic E-state index is 10.0. The van der Waals surface area contributed by atoms with Gasteiger partial charge in [0.15, 0.2) is 5.65 Å². The molecular weight excluding hydrogens is 374 g/mol. The van der Waals surface area contributed by atoms with Crippen LogP contribution in [-0.4, -0.2) is 46.1 Å². The van der Waals surface area contributed by atoms with Crippen molar-refractivity contribution >= 4 is 16.7 Å². The summed E-state index contributed by atoms with van der Waals surface area (Å²) < 4.78 is 1.86. The van der Waals surface area contributed by atoms with Crippen LogP contribution in [0.1, 0.15) is 11.3 Å². The molecule has 30 heavy (non-hydrogen) atoms. The van der Waals surface area contributed by atoms with Crippen molar-refractivity contribution in [2.24, 2.45) is 0 Å². The van der Waals surface area contributed by atoms with E-state index in [1.54, 1.807) is 0 Å². The summed E-state index contributed by atoms with van der Waals surface area (Å²) in [5.74, 6) is 0. The lowest BCUT2D eigenvalue weighted by atomic mass is 10.1. The van der Waals surface area contributed by atoms with E-state index in [0.717, 1.165) is 65.4 Å². The highest BCUT2D eigenvalue weighted by Gasteiger charge is 2.17. The molecule has 6 nitrogen and oxygen atoms in total. The van der Waals surface area contributed by atoms with Crippen LogP contribution in [0.15, 0.2) is 60.7 Å². The number of fused-ring (bicyclic) bond motifs is 1. The summed E-state index contributed by atoms with van der Waals surface area (Å²) in [4.78, 5) is 7.35. The van der Waals surface area contributed by atoms with Crippen LogP contribution in [0.2, 0.25) is 0 Å². The smallest absolute Gasteiger partial charge is 0.164 e. The SMILES string of the molecule is Cc1nn(-c2ccccc2)c2nc(-c3ccc(N4CCNCC4)cc3)cc(CO)c12. The van der Waals surface area contributed by atoms with E-state index >= 15 is 0 Å². The molecule has 0 spiro atoms.